The van der Waals surface area contributed by atoms with Crippen LogP contribution in [0.2, 0.25) is 0 Å². The minimum Gasteiger partial charge on any atom is -0.394 e. The molecular formula is C17H32N6O3. The SMILES string of the molecule is CN(C)CC(=O)N[C@@H]1CC[C@H](CCn2cc(CN(C)C)nn2)O[C@H]1CO. The molecule has 9 nitrogen and oxygen atoms in total. The van der Waals surface area contributed by atoms with Crippen molar-refractivity contribution in [2.24, 2.45) is 0 Å². The zero-order valence-electron chi connectivity index (χ0n) is 16.3. The number of aromatic nitrogens is 3. The minimum atomic E-state index is -0.361. The number of carbonyl (C=O) groups is 1. The number of ether oxygens (including phenoxy) is 1. The van der Waals surface area contributed by atoms with Gasteiger partial charge in [0.25, 0.3) is 0 Å². The maximum atomic E-state index is 11.9. The lowest BCUT2D eigenvalue weighted by Crippen LogP contribution is -2.52. The molecule has 3 atom stereocenters. The summed E-state index contributed by atoms with van der Waals surface area (Å²) in [5.41, 5.74) is 0.941. The third-order valence-corrected chi connectivity index (χ3v) is 4.35. The second kappa shape index (κ2) is 9.96. The summed E-state index contributed by atoms with van der Waals surface area (Å²) in [5, 5.41) is 20.9. The van der Waals surface area contributed by atoms with Crippen molar-refractivity contribution < 1.29 is 14.6 Å². The number of hydrogen-bond acceptors (Lipinski definition) is 7. The molecule has 0 aromatic carbocycles. The van der Waals surface area contributed by atoms with E-state index in [0.29, 0.717) is 6.54 Å². The first-order valence-corrected chi connectivity index (χ1v) is 9.11. The van der Waals surface area contributed by atoms with Gasteiger partial charge >= 0.3 is 0 Å². The van der Waals surface area contributed by atoms with E-state index in [2.05, 4.69) is 20.5 Å². The van der Waals surface area contributed by atoms with Gasteiger partial charge in [-0.05, 0) is 47.5 Å². The molecule has 0 saturated carbocycles. The Labute approximate surface area is 155 Å². The molecule has 1 saturated heterocycles. The van der Waals surface area contributed by atoms with E-state index >= 15 is 0 Å². The molecule has 148 valence electrons. The molecule has 26 heavy (non-hydrogen) atoms. The van der Waals surface area contributed by atoms with Crippen LogP contribution in [0, 0.1) is 0 Å². The van der Waals surface area contributed by atoms with E-state index in [1.54, 1.807) is 0 Å². The van der Waals surface area contributed by atoms with Crippen molar-refractivity contribution in [2.75, 3.05) is 41.3 Å². The highest BCUT2D eigenvalue weighted by atomic mass is 16.5. The molecule has 2 rings (SSSR count). The standard InChI is InChI=1S/C17H32N6O3/c1-21(2)9-13-10-23(20-19-13)8-7-14-5-6-15(16(12-24)26-14)18-17(25)11-22(3)4/h10,14-16,24H,5-9,11-12H2,1-4H3,(H,18,25)/t14-,15-,16+/m1/s1. The van der Waals surface area contributed by atoms with Gasteiger partial charge in [0.05, 0.1) is 31.0 Å². The van der Waals surface area contributed by atoms with Crippen LogP contribution in [0.1, 0.15) is 25.0 Å². The zero-order chi connectivity index (χ0) is 19.1. The van der Waals surface area contributed by atoms with Crippen molar-refractivity contribution in [3.05, 3.63) is 11.9 Å². The van der Waals surface area contributed by atoms with Gasteiger partial charge in [-0.3, -0.25) is 9.48 Å². The Morgan fingerprint density at radius 2 is 2.12 bits per heavy atom. The number of amides is 1. The maximum absolute atomic E-state index is 11.9. The predicted octanol–water partition coefficient (Wildman–Crippen LogP) is -0.684. The third-order valence-electron chi connectivity index (χ3n) is 4.35. The molecule has 1 fully saturated rings. The summed E-state index contributed by atoms with van der Waals surface area (Å²) in [6.07, 6.45) is 4.10. The Balaban J connectivity index is 1.79. The molecule has 1 aliphatic rings. The number of aryl methyl sites for hydroxylation is 1. The summed E-state index contributed by atoms with van der Waals surface area (Å²) in [6.45, 7) is 1.72. The number of aliphatic hydroxyl groups is 1. The van der Waals surface area contributed by atoms with Crippen LogP contribution in [-0.4, -0.2) is 95.4 Å². The average Bonchev–Trinajstić information content (AvgIpc) is 2.99. The average molecular weight is 368 g/mol. The van der Waals surface area contributed by atoms with Crippen molar-refractivity contribution in [1.82, 2.24) is 30.1 Å². The molecule has 0 unspecified atom stereocenters. The lowest BCUT2D eigenvalue weighted by Gasteiger charge is -2.36. The normalized spacial score (nSPS) is 23.6. The third kappa shape index (κ3) is 6.64. The van der Waals surface area contributed by atoms with Crippen LogP contribution >= 0.6 is 0 Å². The summed E-state index contributed by atoms with van der Waals surface area (Å²) < 4.78 is 7.83. The predicted molar refractivity (Wildman–Crippen MR) is 97.5 cm³/mol. The van der Waals surface area contributed by atoms with Crippen LogP contribution in [0.3, 0.4) is 0 Å². The number of aliphatic hydroxyl groups excluding tert-OH is 1. The Morgan fingerprint density at radius 1 is 1.35 bits per heavy atom. The number of carbonyl (C=O) groups excluding carboxylic acids is 1. The van der Waals surface area contributed by atoms with E-state index < -0.39 is 0 Å². The Bertz CT molecular complexity index is 562. The van der Waals surface area contributed by atoms with Gasteiger partial charge in [0.15, 0.2) is 0 Å². The van der Waals surface area contributed by atoms with E-state index in [0.717, 1.165) is 38.0 Å². The second-order valence-electron chi connectivity index (χ2n) is 7.47. The first-order valence-electron chi connectivity index (χ1n) is 9.11. The lowest BCUT2D eigenvalue weighted by molar-refractivity contribution is -0.129. The molecule has 1 amide bonds. The van der Waals surface area contributed by atoms with Crippen molar-refractivity contribution in [3.63, 3.8) is 0 Å². The Kier molecular flexibility index (Phi) is 7.95. The number of rotatable bonds is 9. The lowest BCUT2D eigenvalue weighted by atomic mass is 9.97. The summed E-state index contributed by atoms with van der Waals surface area (Å²) in [5.74, 6) is -0.0449. The van der Waals surface area contributed by atoms with Crippen LogP contribution in [0.25, 0.3) is 0 Å². The molecular weight excluding hydrogens is 336 g/mol. The second-order valence-corrected chi connectivity index (χ2v) is 7.47. The summed E-state index contributed by atoms with van der Waals surface area (Å²) in [4.78, 5) is 15.8. The van der Waals surface area contributed by atoms with Crippen molar-refractivity contribution in [2.45, 2.75) is 50.6 Å². The molecule has 1 aromatic rings. The summed E-state index contributed by atoms with van der Waals surface area (Å²) in [6, 6.07) is -0.137. The van der Waals surface area contributed by atoms with Gasteiger partial charge in [-0.15, -0.1) is 5.10 Å². The molecule has 2 N–H and O–H groups in total. The van der Waals surface area contributed by atoms with E-state index in [-0.39, 0.29) is 30.8 Å². The van der Waals surface area contributed by atoms with Crippen LogP contribution in [0.5, 0.6) is 0 Å². The molecule has 0 spiro atoms. The van der Waals surface area contributed by atoms with Crippen LogP contribution in [0.4, 0.5) is 0 Å². The fourth-order valence-corrected chi connectivity index (χ4v) is 3.17. The number of nitrogens with zero attached hydrogens (tertiary/aromatic N) is 5. The maximum Gasteiger partial charge on any atom is 0.234 e. The van der Waals surface area contributed by atoms with Gasteiger partial charge in [0.1, 0.15) is 6.10 Å². The van der Waals surface area contributed by atoms with Crippen LogP contribution < -0.4 is 5.32 Å². The first-order chi connectivity index (χ1) is 12.4. The highest BCUT2D eigenvalue weighted by molar-refractivity contribution is 5.78. The topological polar surface area (TPSA) is 95.8 Å². The van der Waals surface area contributed by atoms with Crippen molar-refractivity contribution in [1.29, 1.82) is 0 Å². The number of nitrogens with one attached hydrogen (secondary N) is 1. The summed E-state index contributed by atoms with van der Waals surface area (Å²) >= 11 is 0. The number of hydrogen-bond donors (Lipinski definition) is 2. The monoisotopic (exact) mass is 368 g/mol. The van der Waals surface area contributed by atoms with E-state index in [4.69, 9.17) is 4.74 Å². The zero-order valence-corrected chi connectivity index (χ0v) is 16.3. The smallest absolute Gasteiger partial charge is 0.234 e. The molecule has 0 aliphatic carbocycles. The van der Waals surface area contributed by atoms with Gasteiger partial charge in [0, 0.05) is 19.3 Å². The van der Waals surface area contributed by atoms with Gasteiger partial charge < -0.3 is 25.0 Å². The first kappa shape index (κ1) is 20.8. The minimum absolute atomic E-state index is 0.0449. The van der Waals surface area contributed by atoms with Gasteiger partial charge in [-0.1, -0.05) is 5.21 Å². The van der Waals surface area contributed by atoms with Crippen molar-refractivity contribution in [3.8, 4) is 0 Å². The van der Waals surface area contributed by atoms with E-state index in [1.165, 1.54) is 0 Å². The number of likely N-dealkylation sites (N-methyl/N-ethyl adjacent to an activating group) is 1. The van der Waals surface area contributed by atoms with Gasteiger partial charge in [-0.2, -0.15) is 0 Å². The Hall–Kier alpha value is -1.55. The highest BCUT2D eigenvalue weighted by Crippen LogP contribution is 2.22. The van der Waals surface area contributed by atoms with E-state index in [1.807, 2.05) is 44.0 Å². The molecule has 1 aliphatic heterocycles. The van der Waals surface area contributed by atoms with Crippen molar-refractivity contribution >= 4 is 5.91 Å². The molecule has 0 bridgehead atoms. The fraction of sp³-hybridized carbons (Fsp3) is 0.824. The largest absolute Gasteiger partial charge is 0.394 e. The summed E-state index contributed by atoms with van der Waals surface area (Å²) in [7, 11) is 7.70. The van der Waals surface area contributed by atoms with Crippen LogP contribution in [0.15, 0.2) is 6.20 Å². The molecule has 2 heterocycles. The Morgan fingerprint density at radius 3 is 2.77 bits per heavy atom. The van der Waals surface area contributed by atoms with E-state index in [9.17, 15) is 9.90 Å². The van der Waals surface area contributed by atoms with Gasteiger partial charge in [-0.25, -0.2) is 0 Å². The van der Waals surface area contributed by atoms with Gasteiger partial charge in [0.2, 0.25) is 5.91 Å². The fourth-order valence-electron chi connectivity index (χ4n) is 3.17. The molecule has 9 heteroatoms. The highest BCUT2D eigenvalue weighted by Gasteiger charge is 2.31. The molecule has 0 radical (unpaired) electrons. The quantitative estimate of drug-likeness (QED) is 0.596. The van der Waals surface area contributed by atoms with Crippen LogP contribution in [-0.2, 0) is 22.6 Å². The molecule has 1 aromatic heterocycles.